The fourth-order valence-corrected chi connectivity index (χ4v) is 8.99. The molecule has 33 heavy (non-hydrogen) atoms. The molecule has 4 fully saturated rings. The molecule has 1 N–H and O–H groups in total. The molecule has 0 aromatic heterocycles. The first-order valence-corrected chi connectivity index (χ1v) is 13.1. The summed E-state index contributed by atoms with van der Waals surface area (Å²) in [6, 6.07) is 0. The number of hydrogen-bond acceptors (Lipinski definition) is 6. The maximum Gasteiger partial charge on any atom is 0.305 e. The third-order valence-electron chi connectivity index (χ3n) is 10.7. The Morgan fingerprint density at radius 1 is 1.12 bits per heavy atom. The van der Waals surface area contributed by atoms with Gasteiger partial charge in [-0.25, -0.2) is 0 Å². The largest absolute Gasteiger partial charge is 0.469 e. The Hall–Kier alpha value is -1.59. The van der Waals surface area contributed by atoms with E-state index in [1.54, 1.807) is 0 Å². The number of nitrogens with zero attached hydrogens (tertiary/aromatic N) is 1. The Bertz CT molecular complexity index is 795. The molecule has 0 aromatic rings. The van der Waals surface area contributed by atoms with Crippen LogP contribution in [0.25, 0.3) is 0 Å². The second-order valence-electron chi connectivity index (χ2n) is 12.1. The smallest absolute Gasteiger partial charge is 0.305 e. The Morgan fingerprint density at radius 3 is 2.48 bits per heavy atom. The Kier molecular flexibility index (Phi) is 6.85. The molecular weight excluding hydrogens is 418 g/mol. The standard InChI is InChI=1S/C27H43NO5/c1-16(6-9-24(30)32-5)20-7-8-21-25-22(11-13-27(20,21)4)26(3)12-10-19(33-17(2)29)14-18(26)15-23(25)28-31/h16,18-22,25,31H,6-15H2,1-5H3/t16?,18-,19+,20+,21-,22-,25-,26-,27+/m0/s1. The van der Waals surface area contributed by atoms with Gasteiger partial charge in [-0.1, -0.05) is 25.9 Å². The van der Waals surface area contributed by atoms with E-state index >= 15 is 0 Å². The fourth-order valence-electron chi connectivity index (χ4n) is 8.99. The second kappa shape index (κ2) is 9.22. The Morgan fingerprint density at radius 2 is 1.82 bits per heavy atom. The molecule has 6 nitrogen and oxygen atoms in total. The van der Waals surface area contributed by atoms with Gasteiger partial charge in [-0.15, -0.1) is 0 Å². The number of carbonyl (C=O) groups excluding carboxylic acids is 2. The number of esters is 2. The van der Waals surface area contributed by atoms with Crippen molar-refractivity contribution >= 4 is 17.7 Å². The molecule has 0 spiro atoms. The predicted molar refractivity (Wildman–Crippen MR) is 126 cm³/mol. The molecule has 0 bridgehead atoms. The van der Waals surface area contributed by atoms with Crippen LogP contribution >= 0.6 is 0 Å². The van der Waals surface area contributed by atoms with E-state index in [4.69, 9.17) is 9.47 Å². The van der Waals surface area contributed by atoms with Crippen molar-refractivity contribution in [1.29, 1.82) is 0 Å². The van der Waals surface area contributed by atoms with Crippen molar-refractivity contribution in [2.45, 2.75) is 98.0 Å². The van der Waals surface area contributed by atoms with Gasteiger partial charge in [0, 0.05) is 19.3 Å². The molecule has 0 radical (unpaired) electrons. The number of methoxy groups -OCH3 is 1. The van der Waals surface area contributed by atoms with Crippen LogP contribution in [0.3, 0.4) is 0 Å². The van der Waals surface area contributed by atoms with E-state index < -0.39 is 0 Å². The van der Waals surface area contributed by atoms with Crippen LogP contribution in [0.15, 0.2) is 5.16 Å². The summed E-state index contributed by atoms with van der Waals surface area (Å²) >= 11 is 0. The lowest BCUT2D eigenvalue weighted by Crippen LogP contribution is -2.57. The topological polar surface area (TPSA) is 85.2 Å². The van der Waals surface area contributed by atoms with Gasteiger partial charge in [-0.05, 0) is 98.2 Å². The van der Waals surface area contributed by atoms with Crippen LogP contribution in [0, 0.1) is 46.3 Å². The van der Waals surface area contributed by atoms with Crippen LogP contribution in [0.2, 0.25) is 0 Å². The van der Waals surface area contributed by atoms with Crippen LogP contribution in [-0.4, -0.2) is 36.1 Å². The van der Waals surface area contributed by atoms with Gasteiger partial charge in [-0.3, -0.25) is 9.59 Å². The third kappa shape index (κ3) is 4.20. The molecule has 4 saturated carbocycles. The molecule has 0 aliphatic heterocycles. The quantitative estimate of drug-likeness (QED) is 0.327. The van der Waals surface area contributed by atoms with Crippen molar-refractivity contribution in [2.24, 2.45) is 51.5 Å². The average molecular weight is 462 g/mol. The van der Waals surface area contributed by atoms with E-state index in [-0.39, 0.29) is 28.9 Å². The summed E-state index contributed by atoms with van der Waals surface area (Å²) in [5, 5.41) is 14.0. The summed E-state index contributed by atoms with van der Waals surface area (Å²) in [5.41, 5.74) is 1.43. The van der Waals surface area contributed by atoms with Crippen LogP contribution in [0.5, 0.6) is 0 Å². The number of carbonyl (C=O) groups is 2. The van der Waals surface area contributed by atoms with Gasteiger partial charge in [0.25, 0.3) is 0 Å². The normalized spacial score (nSPS) is 44.3. The minimum Gasteiger partial charge on any atom is -0.469 e. The van der Waals surface area contributed by atoms with Gasteiger partial charge in [-0.2, -0.15) is 0 Å². The molecule has 0 aromatic carbocycles. The van der Waals surface area contributed by atoms with Gasteiger partial charge >= 0.3 is 11.9 Å². The van der Waals surface area contributed by atoms with E-state index in [9.17, 15) is 14.8 Å². The molecule has 6 heteroatoms. The zero-order chi connectivity index (χ0) is 24.0. The highest BCUT2D eigenvalue weighted by Crippen LogP contribution is 2.67. The second-order valence-corrected chi connectivity index (χ2v) is 12.1. The van der Waals surface area contributed by atoms with Crippen LogP contribution < -0.4 is 0 Å². The molecule has 0 amide bonds. The maximum atomic E-state index is 11.7. The molecule has 4 aliphatic carbocycles. The lowest BCUT2D eigenvalue weighted by atomic mass is 9.44. The fraction of sp³-hybridized carbons (Fsp3) is 0.889. The summed E-state index contributed by atoms with van der Waals surface area (Å²) in [7, 11) is 1.47. The van der Waals surface area contributed by atoms with Gasteiger partial charge in [0.1, 0.15) is 6.10 Å². The SMILES string of the molecule is COC(=O)CCC(C)[C@H]1CC[C@H]2[C@@H]3C(=NO)C[C@@H]4C[C@H](OC(C)=O)CC[C@]4(C)[C@H]3CC[C@]12C. The molecule has 0 saturated heterocycles. The van der Waals surface area contributed by atoms with E-state index in [0.717, 1.165) is 37.8 Å². The number of ether oxygens (including phenoxy) is 2. The van der Waals surface area contributed by atoms with Gasteiger partial charge in [0.15, 0.2) is 0 Å². The molecule has 9 atom stereocenters. The van der Waals surface area contributed by atoms with Crippen molar-refractivity contribution in [3.63, 3.8) is 0 Å². The summed E-state index contributed by atoms with van der Waals surface area (Å²) < 4.78 is 10.5. The summed E-state index contributed by atoms with van der Waals surface area (Å²) in [4.78, 5) is 23.3. The first-order chi connectivity index (χ1) is 15.6. The zero-order valence-corrected chi connectivity index (χ0v) is 21.1. The lowest BCUT2D eigenvalue weighted by Gasteiger charge is -2.61. The average Bonchev–Trinajstić information content (AvgIpc) is 3.13. The van der Waals surface area contributed by atoms with E-state index in [1.165, 1.54) is 39.7 Å². The molecule has 0 heterocycles. The minimum atomic E-state index is -0.194. The van der Waals surface area contributed by atoms with Crippen molar-refractivity contribution in [2.75, 3.05) is 7.11 Å². The highest BCUT2D eigenvalue weighted by molar-refractivity contribution is 5.88. The molecule has 4 rings (SSSR count). The van der Waals surface area contributed by atoms with Crippen molar-refractivity contribution in [3.8, 4) is 0 Å². The monoisotopic (exact) mass is 461 g/mol. The summed E-state index contributed by atoms with van der Waals surface area (Å²) in [6.07, 6.45) is 9.85. The van der Waals surface area contributed by atoms with Crippen molar-refractivity contribution in [3.05, 3.63) is 0 Å². The number of oxime groups is 1. The van der Waals surface area contributed by atoms with Crippen molar-refractivity contribution in [1.82, 2.24) is 0 Å². The van der Waals surface area contributed by atoms with Crippen LogP contribution in [0.4, 0.5) is 0 Å². The molecule has 186 valence electrons. The summed E-state index contributed by atoms with van der Waals surface area (Å²) in [5.74, 6) is 2.59. The van der Waals surface area contributed by atoms with Crippen LogP contribution in [0.1, 0.15) is 91.9 Å². The minimum absolute atomic E-state index is 0.00237. The van der Waals surface area contributed by atoms with E-state index in [0.29, 0.717) is 41.9 Å². The van der Waals surface area contributed by atoms with Gasteiger partial charge < -0.3 is 14.7 Å². The third-order valence-corrected chi connectivity index (χ3v) is 10.7. The lowest BCUT2D eigenvalue weighted by molar-refractivity contribution is -0.154. The van der Waals surface area contributed by atoms with E-state index in [1.807, 2.05) is 0 Å². The zero-order valence-electron chi connectivity index (χ0n) is 21.1. The highest BCUT2D eigenvalue weighted by atomic mass is 16.5. The van der Waals surface area contributed by atoms with Crippen LogP contribution in [-0.2, 0) is 19.1 Å². The van der Waals surface area contributed by atoms with Gasteiger partial charge in [0.05, 0.1) is 12.8 Å². The summed E-state index contributed by atoms with van der Waals surface area (Å²) in [6.45, 7) is 8.74. The first-order valence-electron chi connectivity index (χ1n) is 13.1. The van der Waals surface area contributed by atoms with Gasteiger partial charge in [0.2, 0.25) is 0 Å². The van der Waals surface area contributed by atoms with Crippen molar-refractivity contribution < 1.29 is 24.3 Å². The molecular formula is C27H43NO5. The Labute approximate surface area is 198 Å². The number of hydrogen-bond donors (Lipinski definition) is 1. The number of fused-ring (bicyclic) bond motifs is 5. The number of rotatable bonds is 5. The van der Waals surface area contributed by atoms with E-state index in [2.05, 4.69) is 25.9 Å². The molecule has 4 aliphatic rings. The molecule has 1 unspecified atom stereocenters. The predicted octanol–water partition coefficient (Wildman–Crippen LogP) is 5.61. The Balaban J connectivity index is 1.54. The highest BCUT2D eigenvalue weighted by Gasteiger charge is 2.62. The first kappa shape index (κ1) is 24.5. The maximum absolute atomic E-state index is 11.7.